The van der Waals surface area contributed by atoms with Gasteiger partial charge in [-0.1, -0.05) is 6.92 Å². The third-order valence-corrected chi connectivity index (χ3v) is 4.37. The Bertz CT molecular complexity index is 173. The van der Waals surface area contributed by atoms with Crippen molar-refractivity contribution in [3.8, 4) is 0 Å². The minimum absolute atomic E-state index is 1.00. The molecule has 2 aliphatic rings. The van der Waals surface area contributed by atoms with Gasteiger partial charge >= 0.3 is 0 Å². The summed E-state index contributed by atoms with van der Waals surface area (Å²) in [6.07, 6.45) is 4.48. The Morgan fingerprint density at radius 2 is 1.79 bits per heavy atom. The van der Waals surface area contributed by atoms with Crippen LogP contribution in [0.15, 0.2) is 0 Å². The van der Waals surface area contributed by atoms with Crippen LogP contribution in [-0.4, -0.2) is 38.8 Å². The quantitative estimate of drug-likeness (QED) is 0.562. The molecule has 0 unspecified atom stereocenters. The molecule has 82 valence electrons. The van der Waals surface area contributed by atoms with E-state index in [1.807, 2.05) is 9.80 Å². The smallest absolute Gasteiger partial charge is 0.127 e. The summed E-state index contributed by atoms with van der Waals surface area (Å²) >= 11 is 0. The van der Waals surface area contributed by atoms with Gasteiger partial charge < -0.3 is 9.80 Å². The Balaban J connectivity index is 1.78. The van der Waals surface area contributed by atoms with Gasteiger partial charge in [-0.2, -0.15) is 0 Å². The molecule has 2 N–H and O–H groups in total. The molecule has 0 amide bonds. The summed E-state index contributed by atoms with van der Waals surface area (Å²) < 4.78 is 0. The average Bonchev–Trinajstić information content (AvgIpc) is 2.65. The zero-order valence-corrected chi connectivity index (χ0v) is 9.81. The molecule has 2 fully saturated rings. The molecule has 2 rings (SSSR count). The van der Waals surface area contributed by atoms with Crippen molar-refractivity contribution in [3.05, 3.63) is 0 Å². The zero-order valence-electron chi connectivity index (χ0n) is 9.81. The van der Waals surface area contributed by atoms with E-state index in [2.05, 4.69) is 13.8 Å². The lowest BCUT2D eigenvalue weighted by Crippen LogP contribution is -3.29. The summed E-state index contributed by atoms with van der Waals surface area (Å²) in [6, 6.07) is 1.02. The highest BCUT2D eigenvalue weighted by Crippen LogP contribution is 2.22. The van der Waals surface area contributed by atoms with E-state index in [9.17, 15) is 0 Å². The molecule has 1 aliphatic heterocycles. The molecular weight excluding hydrogens is 172 g/mol. The van der Waals surface area contributed by atoms with Crippen molar-refractivity contribution in [2.75, 3.05) is 32.7 Å². The van der Waals surface area contributed by atoms with Gasteiger partial charge in [-0.15, -0.1) is 0 Å². The Morgan fingerprint density at radius 3 is 2.29 bits per heavy atom. The van der Waals surface area contributed by atoms with Crippen LogP contribution >= 0.6 is 0 Å². The van der Waals surface area contributed by atoms with Gasteiger partial charge in [0.1, 0.15) is 26.2 Å². The number of likely N-dealkylation sites (N-methyl/N-ethyl adjacent to an activating group) is 1. The molecule has 0 radical (unpaired) electrons. The molecule has 0 aromatic carbocycles. The van der Waals surface area contributed by atoms with Gasteiger partial charge in [0.2, 0.25) is 0 Å². The average molecular weight is 198 g/mol. The molecule has 0 aromatic rings. The van der Waals surface area contributed by atoms with Gasteiger partial charge in [-0.05, 0) is 25.7 Å². The Labute approximate surface area is 88.3 Å². The summed E-state index contributed by atoms with van der Waals surface area (Å²) in [5.74, 6) is 1.00. The molecule has 0 aromatic heterocycles. The summed E-state index contributed by atoms with van der Waals surface area (Å²) in [4.78, 5) is 3.74. The molecule has 0 bridgehead atoms. The van der Waals surface area contributed by atoms with Gasteiger partial charge in [-0.3, -0.25) is 0 Å². The topological polar surface area (TPSA) is 8.88 Å². The maximum absolute atomic E-state index is 2.42. The minimum Gasteiger partial charge on any atom is -0.326 e. The van der Waals surface area contributed by atoms with Crippen LogP contribution in [0.25, 0.3) is 0 Å². The third-order valence-electron chi connectivity index (χ3n) is 4.37. The van der Waals surface area contributed by atoms with E-state index in [1.54, 1.807) is 0 Å². The van der Waals surface area contributed by atoms with E-state index < -0.39 is 0 Å². The molecule has 1 saturated carbocycles. The van der Waals surface area contributed by atoms with Crippen molar-refractivity contribution in [3.63, 3.8) is 0 Å². The maximum Gasteiger partial charge on any atom is 0.127 e. The first kappa shape index (κ1) is 10.4. The first-order valence-corrected chi connectivity index (χ1v) is 6.47. The normalized spacial score (nSPS) is 44.1. The molecule has 1 heterocycles. The summed E-state index contributed by atoms with van der Waals surface area (Å²) in [6.45, 7) is 11.8. The fourth-order valence-electron chi connectivity index (χ4n) is 3.26. The second kappa shape index (κ2) is 4.63. The Kier molecular flexibility index (Phi) is 3.45. The van der Waals surface area contributed by atoms with E-state index in [4.69, 9.17) is 0 Å². The van der Waals surface area contributed by atoms with Crippen molar-refractivity contribution in [1.82, 2.24) is 0 Å². The highest BCUT2D eigenvalue weighted by Gasteiger charge is 2.33. The predicted molar refractivity (Wildman–Crippen MR) is 58.7 cm³/mol. The number of quaternary nitrogens is 2. The molecule has 1 aliphatic carbocycles. The standard InChI is InChI=1S/C12H24N2/c1-3-13-6-8-14(9-7-13)12-5-4-11(2)10-12/h11-12H,3-10H2,1-2H3/p+2/t11-,12-/m0/s1. The number of rotatable bonds is 2. The Hall–Kier alpha value is -0.0800. The molecular formula is C12H26N2+2. The van der Waals surface area contributed by atoms with Crippen LogP contribution in [-0.2, 0) is 0 Å². The van der Waals surface area contributed by atoms with Crippen LogP contribution < -0.4 is 9.80 Å². The van der Waals surface area contributed by atoms with Crippen molar-refractivity contribution >= 4 is 0 Å². The van der Waals surface area contributed by atoms with E-state index in [0.29, 0.717) is 0 Å². The van der Waals surface area contributed by atoms with Gasteiger partial charge in [0.15, 0.2) is 0 Å². The van der Waals surface area contributed by atoms with Crippen molar-refractivity contribution in [2.45, 2.75) is 39.2 Å². The lowest BCUT2D eigenvalue weighted by Gasteiger charge is -2.32. The molecule has 14 heavy (non-hydrogen) atoms. The number of nitrogens with one attached hydrogen (secondary N) is 2. The first-order valence-electron chi connectivity index (χ1n) is 6.47. The van der Waals surface area contributed by atoms with Crippen LogP contribution in [0.4, 0.5) is 0 Å². The zero-order chi connectivity index (χ0) is 9.97. The van der Waals surface area contributed by atoms with Crippen LogP contribution in [0.5, 0.6) is 0 Å². The fourth-order valence-corrected chi connectivity index (χ4v) is 3.26. The SMILES string of the molecule is CC[NH+]1CC[NH+]([C@H]2CC[C@H](C)C2)CC1. The summed E-state index contributed by atoms with van der Waals surface area (Å²) in [7, 11) is 0. The second-order valence-electron chi connectivity index (χ2n) is 5.38. The van der Waals surface area contributed by atoms with E-state index in [1.165, 1.54) is 52.0 Å². The van der Waals surface area contributed by atoms with E-state index in [-0.39, 0.29) is 0 Å². The fraction of sp³-hybridized carbons (Fsp3) is 1.00. The van der Waals surface area contributed by atoms with Gasteiger partial charge in [0.05, 0.1) is 12.6 Å². The van der Waals surface area contributed by atoms with E-state index in [0.717, 1.165) is 12.0 Å². The monoisotopic (exact) mass is 198 g/mol. The summed E-state index contributed by atoms with van der Waals surface area (Å²) in [5.41, 5.74) is 0. The molecule has 0 spiro atoms. The molecule has 1 saturated heterocycles. The lowest BCUT2D eigenvalue weighted by atomic mass is 10.1. The molecule has 2 nitrogen and oxygen atoms in total. The third kappa shape index (κ3) is 2.29. The van der Waals surface area contributed by atoms with Crippen LogP contribution in [0.1, 0.15) is 33.1 Å². The second-order valence-corrected chi connectivity index (χ2v) is 5.38. The van der Waals surface area contributed by atoms with Gasteiger partial charge in [0.25, 0.3) is 0 Å². The number of piperazine rings is 1. The minimum atomic E-state index is 1.00. The highest BCUT2D eigenvalue weighted by atomic mass is 15.3. The maximum atomic E-state index is 2.42. The Morgan fingerprint density at radius 1 is 1.07 bits per heavy atom. The molecule has 2 heteroatoms. The molecule has 2 atom stereocenters. The number of hydrogen-bond acceptors (Lipinski definition) is 0. The van der Waals surface area contributed by atoms with Gasteiger partial charge in [0, 0.05) is 6.42 Å². The largest absolute Gasteiger partial charge is 0.326 e. The van der Waals surface area contributed by atoms with E-state index >= 15 is 0 Å². The highest BCUT2D eigenvalue weighted by molar-refractivity contribution is 4.71. The first-order chi connectivity index (χ1) is 6.79. The van der Waals surface area contributed by atoms with Crippen molar-refractivity contribution in [1.29, 1.82) is 0 Å². The predicted octanol–water partition coefficient (Wildman–Crippen LogP) is -1.02. The van der Waals surface area contributed by atoms with Crippen LogP contribution in [0, 0.1) is 5.92 Å². The summed E-state index contributed by atoms with van der Waals surface area (Å²) in [5, 5.41) is 0. The van der Waals surface area contributed by atoms with Crippen molar-refractivity contribution in [2.24, 2.45) is 5.92 Å². The van der Waals surface area contributed by atoms with Crippen molar-refractivity contribution < 1.29 is 9.80 Å². The van der Waals surface area contributed by atoms with Crippen LogP contribution in [0.2, 0.25) is 0 Å². The lowest BCUT2D eigenvalue weighted by molar-refractivity contribution is -1.02. The van der Waals surface area contributed by atoms with Gasteiger partial charge in [-0.25, -0.2) is 0 Å². The number of hydrogen-bond donors (Lipinski definition) is 2. The van der Waals surface area contributed by atoms with Crippen LogP contribution in [0.3, 0.4) is 0 Å².